The molecule has 0 spiro atoms. The van der Waals surface area contributed by atoms with Crippen LogP contribution in [0.15, 0.2) is 39.0 Å². The SMILES string of the molecule is CSc1nnc(SC(C)c2nnnn2-c2ccccc2)s1. The topological polar surface area (TPSA) is 69.4 Å². The third-order valence-corrected chi connectivity index (χ3v) is 5.78. The van der Waals surface area contributed by atoms with Crippen LogP contribution in [0, 0.1) is 0 Å². The van der Waals surface area contributed by atoms with Crippen LogP contribution in [-0.4, -0.2) is 36.7 Å². The van der Waals surface area contributed by atoms with E-state index in [1.54, 1.807) is 39.5 Å². The highest BCUT2D eigenvalue weighted by atomic mass is 32.2. The van der Waals surface area contributed by atoms with E-state index in [2.05, 4.69) is 32.6 Å². The Labute approximate surface area is 134 Å². The van der Waals surface area contributed by atoms with Crippen molar-refractivity contribution < 1.29 is 0 Å². The second kappa shape index (κ2) is 6.54. The summed E-state index contributed by atoms with van der Waals surface area (Å²) in [5, 5.41) is 20.4. The molecule has 6 nitrogen and oxygen atoms in total. The summed E-state index contributed by atoms with van der Waals surface area (Å²) in [5.74, 6) is 0.798. The molecular weight excluding hydrogens is 324 g/mol. The molecule has 9 heteroatoms. The van der Waals surface area contributed by atoms with E-state index < -0.39 is 0 Å². The van der Waals surface area contributed by atoms with Crippen LogP contribution in [0.25, 0.3) is 5.69 Å². The molecule has 21 heavy (non-hydrogen) atoms. The first-order valence-corrected chi connectivity index (χ1v) is 9.08. The molecule has 1 unspecified atom stereocenters. The van der Waals surface area contributed by atoms with Crippen LogP contribution in [0.1, 0.15) is 18.0 Å². The average Bonchev–Trinajstić information content (AvgIpc) is 3.17. The quantitative estimate of drug-likeness (QED) is 0.663. The van der Waals surface area contributed by atoms with Crippen LogP contribution < -0.4 is 0 Å². The summed E-state index contributed by atoms with van der Waals surface area (Å²) in [7, 11) is 0. The number of tetrazole rings is 1. The summed E-state index contributed by atoms with van der Waals surface area (Å²) < 4.78 is 3.65. The molecule has 1 atom stereocenters. The van der Waals surface area contributed by atoms with Crippen LogP contribution in [0.5, 0.6) is 0 Å². The predicted octanol–water partition coefficient (Wildman–Crippen LogP) is 3.09. The van der Waals surface area contributed by atoms with Gasteiger partial charge in [0.2, 0.25) is 0 Å². The number of hydrogen-bond donors (Lipinski definition) is 0. The van der Waals surface area contributed by atoms with Gasteiger partial charge >= 0.3 is 0 Å². The van der Waals surface area contributed by atoms with Crippen LogP contribution in [0.3, 0.4) is 0 Å². The van der Waals surface area contributed by atoms with Crippen molar-refractivity contribution in [3.8, 4) is 5.69 Å². The van der Waals surface area contributed by atoms with Crippen LogP contribution in [-0.2, 0) is 0 Å². The molecule has 0 saturated heterocycles. The minimum atomic E-state index is 0.0860. The molecule has 0 bridgehead atoms. The largest absolute Gasteiger partial charge is 0.196 e. The number of thioether (sulfide) groups is 2. The zero-order chi connectivity index (χ0) is 14.7. The van der Waals surface area contributed by atoms with Crippen molar-refractivity contribution >= 4 is 34.9 Å². The van der Waals surface area contributed by atoms with Gasteiger partial charge in [-0.1, -0.05) is 53.1 Å². The maximum atomic E-state index is 4.17. The van der Waals surface area contributed by atoms with Crippen molar-refractivity contribution in [2.75, 3.05) is 6.26 Å². The van der Waals surface area contributed by atoms with Gasteiger partial charge in [-0.05, 0) is 35.7 Å². The number of aromatic nitrogens is 6. The van der Waals surface area contributed by atoms with Crippen LogP contribution >= 0.6 is 34.9 Å². The highest BCUT2D eigenvalue weighted by molar-refractivity contribution is 8.03. The summed E-state index contributed by atoms with van der Waals surface area (Å²) in [4.78, 5) is 0. The zero-order valence-corrected chi connectivity index (χ0v) is 13.8. The number of para-hydroxylation sites is 1. The zero-order valence-electron chi connectivity index (χ0n) is 11.4. The molecule has 0 aliphatic heterocycles. The van der Waals surface area contributed by atoms with Gasteiger partial charge in [0.1, 0.15) is 0 Å². The van der Waals surface area contributed by atoms with E-state index in [0.717, 1.165) is 20.2 Å². The van der Waals surface area contributed by atoms with E-state index in [-0.39, 0.29) is 5.25 Å². The molecule has 2 heterocycles. The van der Waals surface area contributed by atoms with Crippen molar-refractivity contribution in [1.29, 1.82) is 0 Å². The Morgan fingerprint density at radius 3 is 2.57 bits per heavy atom. The Hall–Kier alpha value is -1.45. The van der Waals surface area contributed by atoms with Gasteiger partial charge in [-0.25, -0.2) is 0 Å². The number of rotatable bonds is 5. The Balaban J connectivity index is 1.82. The van der Waals surface area contributed by atoms with Gasteiger partial charge < -0.3 is 0 Å². The highest BCUT2D eigenvalue weighted by Gasteiger charge is 2.19. The molecule has 0 aliphatic rings. The molecule has 3 aromatic rings. The molecule has 0 aliphatic carbocycles. The Morgan fingerprint density at radius 1 is 1.10 bits per heavy atom. The molecule has 3 rings (SSSR count). The fraction of sp³-hybridized carbons (Fsp3) is 0.250. The fourth-order valence-electron chi connectivity index (χ4n) is 1.73. The highest BCUT2D eigenvalue weighted by Crippen LogP contribution is 2.37. The molecule has 2 aromatic heterocycles. The Kier molecular flexibility index (Phi) is 4.51. The summed E-state index contributed by atoms with van der Waals surface area (Å²) in [5.41, 5.74) is 0.951. The monoisotopic (exact) mass is 336 g/mol. The van der Waals surface area contributed by atoms with Crippen molar-refractivity contribution in [2.24, 2.45) is 0 Å². The lowest BCUT2D eigenvalue weighted by Gasteiger charge is -2.09. The summed E-state index contributed by atoms with van der Waals surface area (Å²) in [6.45, 7) is 2.07. The van der Waals surface area contributed by atoms with Crippen molar-refractivity contribution in [1.82, 2.24) is 30.4 Å². The maximum Gasteiger partial charge on any atom is 0.175 e. The second-order valence-corrected chi connectivity index (χ2v) is 7.70. The van der Waals surface area contributed by atoms with Gasteiger partial charge in [-0.2, -0.15) is 4.68 Å². The predicted molar refractivity (Wildman–Crippen MR) is 85.1 cm³/mol. The second-order valence-electron chi connectivity index (χ2n) is 4.08. The van der Waals surface area contributed by atoms with Crippen molar-refractivity contribution in [3.63, 3.8) is 0 Å². The summed E-state index contributed by atoms with van der Waals surface area (Å²) in [6.07, 6.45) is 1.99. The van der Waals surface area contributed by atoms with Gasteiger partial charge in [-0.3, -0.25) is 0 Å². The van der Waals surface area contributed by atoms with Gasteiger partial charge in [0, 0.05) is 0 Å². The molecule has 1 aromatic carbocycles. The van der Waals surface area contributed by atoms with E-state index in [9.17, 15) is 0 Å². The number of benzene rings is 1. The van der Waals surface area contributed by atoms with Crippen LogP contribution in [0.4, 0.5) is 0 Å². The molecule has 0 amide bonds. The van der Waals surface area contributed by atoms with E-state index >= 15 is 0 Å². The van der Waals surface area contributed by atoms with E-state index in [1.165, 1.54) is 0 Å². The molecule has 0 fully saturated rings. The number of hydrogen-bond acceptors (Lipinski definition) is 8. The van der Waals surface area contributed by atoms with Gasteiger partial charge in [-0.15, -0.1) is 15.3 Å². The van der Waals surface area contributed by atoms with E-state index in [0.29, 0.717) is 0 Å². The van der Waals surface area contributed by atoms with Crippen molar-refractivity contribution in [3.05, 3.63) is 36.2 Å². The first-order chi connectivity index (χ1) is 10.3. The lowest BCUT2D eigenvalue weighted by molar-refractivity contribution is 0.762. The van der Waals surface area contributed by atoms with Crippen molar-refractivity contribution in [2.45, 2.75) is 20.9 Å². The minimum Gasteiger partial charge on any atom is -0.196 e. The minimum absolute atomic E-state index is 0.0860. The third-order valence-electron chi connectivity index (χ3n) is 2.70. The normalized spacial score (nSPS) is 12.5. The molecule has 0 N–H and O–H groups in total. The lowest BCUT2D eigenvalue weighted by atomic mass is 10.3. The summed E-state index contributed by atoms with van der Waals surface area (Å²) >= 11 is 4.80. The van der Waals surface area contributed by atoms with Gasteiger partial charge in [0.15, 0.2) is 14.5 Å². The molecular formula is C12H12N6S3. The number of nitrogens with zero attached hydrogens (tertiary/aromatic N) is 6. The maximum absolute atomic E-state index is 4.17. The standard InChI is InChI=1S/C12H12N6S3/c1-8(20-12-15-14-11(19-2)21-12)10-13-16-17-18(10)9-6-4-3-5-7-9/h3-8H,1-2H3. The summed E-state index contributed by atoms with van der Waals surface area (Å²) in [6, 6.07) is 9.86. The molecule has 0 radical (unpaired) electrons. The Morgan fingerprint density at radius 2 is 1.86 bits per heavy atom. The van der Waals surface area contributed by atoms with E-state index in [4.69, 9.17) is 0 Å². The van der Waals surface area contributed by atoms with Crippen LogP contribution in [0.2, 0.25) is 0 Å². The fourth-order valence-corrected chi connectivity index (χ4v) is 4.40. The van der Waals surface area contributed by atoms with Gasteiger partial charge in [0.25, 0.3) is 0 Å². The average molecular weight is 336 g/mol. The molecule has 0 saturated carbocycles. The third kappa shape index (κ3) is 3.25. The first-order valence-electron chi connectivity index (χ1n) is 6.16. The lowest BCUT2D eigenvalue weighted by Crippen LogP contribution is -2.04. The first kappa shape index (κ1) is 14.5. The smallest absolute Gasteiger partial charge is 0.175 e. The van der Waals surface area contributed by atoms with E-state index in [1.807, 2.05) is 36.6 Å². The molecule has 108 valence electrons. The van der Waals surface area contributed by atoms with Gasteiger partial charge in [0.05, 0.1) is 10.9 Å². The Bertz CT molecular complexity index is 711.